The van der Waals surface area contributed by atoms with Gasteiger partial charge in [-0.3, -0.25) is 0 Å². The van der Waals surface area contributed by atoms with Gasteiger partial charge in [-0.25, -0.2) is 0 Å². The van der Waals surface area contributed by atoms with E-state index in [1.54, 1.807) is 18.2 Å². The predicted molar refractivity (Wildman–Crippen MR) is 72.6 cm³/mol. The van der Waals surface area contributed by atoms with E-state index in [0.29, 0.717) is 12.0 Å². The maximum Gasteiger partial charge on any atom is 0.121 e. The Balaban J connectivity index is 1.98. The molecule has 0 aliphatic carbocycles. The standard InChI is InChI=1S/C16H18O2/c1-12-6-8-13(9-7-12)10-11-16(18)14-4-2-3-5-15(14)17/h2-9,16-18H,10-11H2,1H3. The molecule has 2 heteroatoms. The summed E-state index contributed by atoms with van der Waals surface area (Å²) in [6.07, 6.45) is 0.795. The molecule has 0 bridgehead atoms. The molecule has 0 radical (unpaired) electrons. The summed E-state index contributed by atoms with van der Waals surface area (Å²) in [6.45, 7) is 2.06. The van der Waals surface area contributed by atoms with E-state index in [9.17, 15) is 10.2 Å². The Hall–Kier alpha value is -1.80. The van der Waals surface area contributed by atoms with Crippen molar-refractivity contribution in [2.24, 2.45) is 0 Å². The number of phenols is 1. The number of aromatic hydroxyl groups is 1. The lowest BCUT2D eigenvalue weighted by Gasteiger charge is -2.12. The molecule has 1 atom stereocenters. The molecule has 18 heavy (non-hydrogen) atoms. The van der Waals surface area contributed by atoms with E-state index in [1.165, 1.54) is 11.1 Å². The summed E-state index contributed by atoms with van der Waals surface area (Å²) >= 11 is 0. The maximum atomic E-state index is 10.1. The van der Waals surface area contributed by atoms with Crippen LogP contribution in [0.2, 0.25) is 0 Å². The van der Waals surface area contributed by atoms with E-state index < -0.39 is 6.10 Å². The van der Waals surface area contributed by atoms with Crippen LogP contribution in [0.4, 0.5) is 0 Å². The Labute approximate surface area is 108 Å². The molecule has 2 rings (SSSR count). The molecule has 2 aromatic carbocycles. The molecule has 0 saturated heterocycles. The van der Waals surface area contributed by atoms with Crippen LogP contribution >= 0.6 is 0 Å². The molecule has 0 aliphatic heterocycles. The Morgan fingerprint density at radius 2 is 1.67 bits per heavy atom. The number of hydrogen-bond acceptors (Lipinski definition) is 2. The molecule has 0 aliphatic rings. The second-order valence-electron chi connectivity index (χ2n) is 4.60. The van der Waals surface area contributed by atoms with Crippen molar-refractivity contribution in [2.45, 2.75) is 25.9 Å². The Morgan fingerprint density at radius 3 is 2.33 bits per heavy atom. The quantitative estimate of drug-likeness (QED) is 0.863. The maximum absolute atomic E-state index is 10.1. The molecule has 0 fully saturated rings. The summed E-state index contributed by atoms with van der Waals surface area (Å²) in [5.74, 6) is 0.161. The van der Waals surface area contributed by atoms with Crippen molar-refractivity contribution in [1.82, 2.24) is 0 Å². The van der Waals surface area contributed by atoms with Crippen LogP contribution in [-0.4, -0.2) is 10.2 Å². The fraction of sp³-hybridized carbons (Fsp3) is 0.250. The lowest BCUT2D eigenvalue weighted by atomic mass is 10.0. The predicted octanol–water partition coefficient (Wildman–Crippen LogP) is 3.37. The first-order valence-electron chi connectivity index (χ1n) is 6.18. The minimum absolute atomic E-state index is 0.161. The topological polar surface area (TPSA) is 40.5 Å². The van der Waals surface area contributed by atoms with Crippen LogP contribution in [0.25, 0.3) is 0 Å². The Bertz CT molecular complexity index is 503. The van der Waals surface area contributed by atoms with Gasteiger partial charge in [0, 0.05) is 5.56 Å². The van der Waals surface area contributed by atoms with Crippen LogP contribution in [-0.2, 0) is 6.42 Å². The number of phenolic OH excluding ortho intramolecular Hbond substituents is 1. The Kier molecular flexibility index (Phi) is 4.00. The summed E-state index contributed by atoms with van der Waals surface area (Å²) in [7, 11) is 0. The van der Waals surface area contributed by atoms with Crippen molar-refractivity contribution in [3.05, 3.63) is 65.2 Å². The normalized spacial score (nSPS) is 12.3. The van der Waals surface area contributed by atoms with E-state index in [-0.39, 0.29) is 5.75 Å². The second kappa shape index (κ2) is 5.69. The molecule has 2 N–H and O–H groups in total. The minimum Gasteiger partial charge on any atom is -0.508 e. The lowest BCUT2D eigenvalue weighted by Crippen LogP contribution is -2.00. The van der Waals surface area contributed by atoms with E-state index in [1.807, 2.05) is 6.07 Å². The van der Waals surface area contributed by atoms with Crippen molar-refractivity contribution in [3.8, 4) is 5.75 Å². The van der Waals surface area contributed by atoms with Gasteiger partial charge in [0.2, 0.25) is 0 Å². The zero-order valence-electron chi connectivity index (χ0n) is 10.5. The molecule has 0 amide bonds. The third kappa shape index (κ3) is 3.11. The molecular formula is C16H18O2. The zero-order chi connectivity index (χ0) is 13.0. The summed E-state index contributed by atoms with van der Waals surface area (Å²) in [5, 5.41) is 19.7. The molecular weight excluding hydrogens is 224 g/mol. The highest BCUT2D eigenvalue weighted by atomic mass is 16.3. The first-order valence-corrected chi connectivity index (χ1v) is 6.18. The first kappa shape index (κ1) is 12.7. The monoisotopic (exact) mass is 242 g/mol. The molecule has 0 aromatic heterocycles. The van der Waals surface area contributed by atoms with Crippen molar-refractivity contribution >= 4 is 0 Å². The van der Waals surface area contributed by atoms with Crippen LogP contribution in [0.15, 0.2) is 48.5 Å². The number of para-hydroxylation sites is 1. The van der Waals surface area contributed by atoms with E-state index in [4.69, 9.17) is 0 Å². The van der Waals surface area contributed by atoms with Gasteiger partial charge in [0.05, 0.1) is 6.10 Å². The van der Waals surface area contributed by atoms with E-state index >= 15 is 0 Å². The van der Waals surface area contributed by atoms with Gasteiger partial charge in [-0.1, -0.05) is 48.0 Å². The van der Waals surface area contributed by atoms with Crippen LogP contribution in [0.5, 0.6) is 5.75 Å². The highest BCUT2D eigenvalue weighted by Crippen LogP contribution is 2.26. The number of aliphatic hydroxyl groups excluding tert-OH is 1. The van der Waals surface area contributed by atoms with Gasteiger partial charge in [-0.05, 0) is 31.4 Å². The molecule has 0 spiro atoms. The van der Waals surface area contributed by atoms with Gasteiger partial charge < -0.3 is 10.2 Å². The van der Waals surface area contributed by atoms with Gasteiger partial charge in [-0.15, -0.1) is 0 Å². The molecule has 2 nitrogen and oxygen atoms in total. The molecule has 1 unspecified atom stereocenters. The summed E-state index contributed by atoms with van der Waals surface area (Å²) in [6, 6.07) is 15.2. The third-order valence-electron chi connectivity index (χ3n) is 3.12. The van der Waals surface area contributed by atoms with Crippen LogP contribution in [0.1, 0.15) is 29.2 Å². The Morgan fingerprint density at radius 1 is 1.00 bits per heavy atom. The zero-order valence-corrected chi connectivity index (χ0v) is 10.5. The largest absolute Gasteiger partial charge is 0.508 e. The smallest absolute Gasteiger partial charge is 0.121 e. The van der Waals surface area contributed by atoms with Crippen LogP contribution in [0, 0.1) is 6.92 Å². The van der Waals surface area contributed by atoms with Gasteiger partial charge in [0.1, 0.15) is 5.75 Å². The molecule has 2 aromatic rings. The first-order chi connectivity index (χ1) is 8.66. The second-order valence-corrected chi connectivity index (χ2v) is 4.60. The highest BCUT2D eigenvalue weighted by Gasteiger charge is 2.11. The summed E-state index contributed by atoms with van der Waals surface area (Å²) < 4.78 is 0. The number of aryl methyl sites for hydroxylation is 2. The molecule has 94 valence electrons. The van der Waals surface area contributed by atoms with Gasteiger partial charge in [0.25, 0.3) is 0 Å². The average Bonchev–Trinajstić information content (AvgIpc) is 2.38. The van der Waals surface area contributed by atoms with Crippen molar-refractivity contribution in [1.29, 1.82) is 0 Å². The number of hydrogen-bond donors (Lipinski definition) is 2. The number of benzene rings is 2. The van der Waals surface area contributed by atoms with Gasteiger partial charge >= 0.3 is 0 Å². The van der Waals surface area contributed by atoms with Gasteiger partial charge in [0.15, 0.2) is 0 Å². The molecule has 0 saturated carbocycles. The average molecular weight is 242 g/mol. The van der Waals surface area contributed by atoms with E-state index in [2.05, 4.69) is 31.2 Å². The fourth-order valence-electron chi connectivity index (χ4n) is 1.98. The minimum atomic E-state index is -0.618. The van der Waals surface area contributed by atoms with Crippen molar-refractivity contribution < 1.29 is 10.2 Å². The molecule has 0 heterocycles. The fourth-order valence-corrected chi connectivity index (χ4v) is 1.98. The SMILES string of the molecule is Cc1ccc(CCC(O)c2ccccc2O)cc1. The lowest BCUT2D eigenvalue weighted by molar-refractivity contribution is 0.164. The highest BCUT2D eigenvalue weighted by molar-refractivity contribution is 5.33. The number of rotatable bonds is 4. The van der Waals surface area contributed by atoms with Crippen molar-refractivity contribution in [2.75, 3.05) is 0 Å². The van der Waals surface area contributed by atoms with E-state index in [0.717, 1.165) is 6.42 Å². The number of aliphatic hydroxyl groups is 1. The summed E-state index contributed by atoms with van der Waals surface area (Å²) in [4.78, 5) is 0. The summed E-state index contributed by atoms with van der Waals surface area (Å²) in [5.41, 5.74) is 3.04. The van der Waals surface area contributed by atoms with Crippen LogP contribution < -0.4 is 0 Å². The van der Waals surface area contributed by atoms with Gasteiger partial charge in [-0.2, -0.15) is 0 Å². The third-order valence-corrected chi connectivity index (χ3v) is 3.12. The van der Waals surface area contributed by atoms with Crippen molar-refractivity contribution in [3.63, 3.8) is 0 Å². The van der Waals surface area contributed by atoms with Crippen LogP contribution in [0.3, 0.4) is 0 Å².